The molecule has 10 atom stereocenters. The first-order valence-corrected chi connectivity index (χ1v) is 14.8. The van der Waals surface area contributed by atoms with E-state index in [0.717, 1.165) is 51.4 Å². The first-order chi connectivity index (χ1) is 16.9. The summed E-state index contributed by atoms with van der Waals surface area (Å²) in [5, 5.41) is 33.9. The van der Waals surface area contributed by atoms with Crippen molar-refractivity contribution < 1.29 is 24.9 Å². The average Bonchev–Trinajstić information content (AvgIpc) is 3.11. The number of fused-ring (bicyclic) bond motifs is 5. The van der Waals surface area contributed by atoms with Crippen LogP contribution in [0.3, 0.4) is 0 Å². The van der Waals surface area contributed by atoms with E-state index in [0.29, 0.717) is 11.8 Å². The third kappa shape index (κ3) is 4.53. The van der Waals surface area contributed by atoms with Crippen LogP contribution in [0.1, 0.15) is 114 Å². The number of hydrogen-bond donors (Lipinski definition) is 3. The second kappa shape index (κ2) is 9.34. The number of aliphatic hydroxyl groups is 3. The maximum Gasteiger partial charge on any atom is 0.302 e. The molecule has 0 bridgehead atoms. The average molecular weight is 519 g/mol. The number of esters is 1. The predicted octanol–water partition coefficient (Wildman–Crippen LogP) is 6.04. The zero-order chi connectivity index (χ0) is 27.8. The number of carbonyl (C=O) groups excluding carboxylic acids is 1. The Balaban J connectivity index is 1.66. The van der Waals surface area contributed by atoms with Crippen molar-refractivity contribution in [2.75, 3.05) is 0 Å². The van der Waals surface area contributed by atoms with Gasteiger partial charge in [-0.25, -0.2) is 0 Å². The van der Waals surface area contributed by atoms with Gasteiger partial charge in [0, 0.05) is 12.3 Å². The third-order valence-corrected chi connectivity index (χ3v) is 12.3. The maximum atomic E-state index is 11.9. The smallest absolute Gasteiger partial charge is 0.302 e. The van der Waals surface area contributed by atoms with Crippen LogP contribution in [0.5, 0.6) is 0 Å². The molecule has 4 aliphatic carbocycles. The van der Waals surface area contributed by atoms with Crippen molar-refractivity contribution in [2.45, 2.75) is 138 Å². The van der Waals surface area contributed by atoms with E-state index in [4.69, 9.17) is 4.74 Å². The fourth-order valence-electron chi connectivity index (χ4n) is 10.6. The van der Waals surface area contributed by atoms with Crippen LogP contribution in [0.25, 0.3) is 0 Å². The molecule has 4 fully saturated rings. The molecule has 0 heterocycles. The Bertz CT molecular complexity index is 917. The summed E-state index contributed by atoms with van der Waals surface area (Å²) in [6.07, 6.45) is 8.22. The van der Waals surface area contributed by atoms with Crippen LogP contribution in [0.4, 0.5) is 0 Å². The first-order valence-electron chi connectivity index (χ1n) is 14.8. The molecule has 0 aromatic carbocycles. The minimum Gasteiger partial charge on any atom is -0.462 e. The Morgan fingerprint density at radius 1 is 1.00 bits per heavy atom. The van der Waals surface area contributed by atoms with E-state index < -0.39 is 11.7 Å². The molecule has 0 amide bonds. The molecule has 0 radical (unpaired) electrons. The number of carbonyl (C=O) groups is 1. The van der Waals surface area contributed by atoms with Gasteiger partial charge in [0.05, 0.1) is 17.8 Å². The van der Waals surface area contributed by atoms with Gasteiger partial charge in [-0.05, 0) is 112 Å². The summed E-state index contributed by atoms with van der Waals surface area (Å²) >= 11 is 0. The van der Waals surface area contributed by atoms with Gasteiger partial charge in [-0.1, -0.05) is 46.3 Å². The maximum absolute atomic E-state index is 11.9. The molecule has 0 aliphatic heterocycles. The number of aliphatic hydroxyl groups excluding tert-OH is 2. The number of hydrogen-bond acceptors (Lipinski definition) is 5. The minimum atomic E-state index is -0.668. The molecule has 212 valence electrons. The lowest BCUT2D eigenvalue weighted by molar-refractivity contribution is -0.272. The second-order valence-corrected chi connectivity index (χ2v) is 15.4. The van der Waals surface area contributed by atoms with Gasteiger partial charge in [0.2, 0.25) is 0 Å². The van der Waals surface area contributed by atoms with Gasteiger partial charge in [0.25, 0.3) is 0 Å². The van der Waals surface area contributed by atoms with Crippen molar-refractivity contribution in [2.24, 2.45) is 45.3 Å². The highest BCUT2D eigenvalue weighted by molar-refractivity contribution is 5.66. The fourth-order valence-corrected chi connectivity index (χ4v) is 10.6. The van der Waals surface area contributed by atoms with Gasteiger partial charge >= 0.3 is 5.97 Å². The summed E-state index contributed by atoms with van der Waals surface area (Å²) in [5.74, 6) is 0.608. The Morgan fingerprint density at radius 2 is 1.65 bits per heavy atom. The van der Waals surface area contributed by atoms with E-state index >= 15 is 0 Å². The molecule has 0 unspecified atom stereocenters. The molecule has 3 N–H and O–H groups in total. The molecular formula is C32H54O5. The monoisotopic (exact) mass is 518 g/mol. The second-order valence-electron chi connectivity index (χ2n) is 15.4. The van der Waals surface area contributed by atoms with E-state index in [1.165, 1.54) is 12.5 Å². The van der Waals surface area contributed by atoms with E-state index in [9.17, 15) is 20.1 Å². The summed E-state index contributed by atoms with van der Waals surface area (Å²) in [4.78, 5) is 11.9. The summed E-state index contributed by atoms with van der Waals surface area (Å²) in [6, 6.07) is 0. The minimum absolute atomic E-state index is 0.0178. The molecule has 0 saturated heterocycles. The van der Waals surface area contributed by atoms with Crippen molar-refractivity contribution in [3.63, 3.8) is 0 Å². The zero-order valence-corrected chi connectivity index (χ0v) is 24.9. The van der Waals surface area contributed by atoms with Gasteiger partial charge in [-0.3, -0.25) is 4.79 Å². The van der Waals surface area contributed by atoms with Gasteiger partial charge < -0.3 is 20.1 Å². The summed E-state index contributed by atoms with van der Waals surface area (Å²) < 4.78 is 5.79. The van der Waals surface area contributed by atoms with Crippen molar-refractivity contribution in [3.8, 4) is 0 Å². The highest BCUT2D eigenvalue weighted by atomic mass is 16.5. The molecule has 4 rings (SSSR count). The lowest BCUT2D eigenvalue weighted by atomic mass is 9.34. The Kier molecular flexibility index (Phi) is 7.34. The zero-order valence-electron chi connectivity index (χ0n) is 24.9. The van der Waals surface area contributed by atoms with E-state index in [-0.39, 0.29) is 51.7 Å². The van der Waals surface area contributed by atoms with Crippen LogP contribution < -0.4 is 0 Å². The Hall–Kier alpha value is -0.910. The highest BCUT2D eigenvalue weighted by Gasteiger charge is 2.72. The molecule has 37 heavy (non-hydrogen) atoms. The Labute approximate surface area is 225 Å². The molecule has 4 aliphatic rings. The SMILES string of the molecule is CC(=O)O[C@H]1CC[C@]2(C)[C@H]3C[C@@H](O)[C@@H]4[C@@H](/C(C)=C/CCC(C)(C)O)CC[C@@]4(C)[C@]3(C)C[C@H](O)[C@H]2C1(C)C. The van der Waals surface area contributed by atoms with Crippen molar-refractivity contribution in [1.82, 2.24) is 0 Å². The van der Waals surface area contributed by atoms with E-state index in [1.807, 2.05) is 13.8 Å². The molecule has 0 spiro atoms. The van der Waals surface area contributed by atoms with Crippen molar-refractivity contribution in [3.05, 3.63) is 11.6 Å². The number of allylic oxidation sites excluding steroid dienone is 2. The Morgan fingerprint density at radius 3 is 2.24 bits per heavy atom. The molecular weight excluding hydrogens is 464 g/mol. The normalized spacial score (nSPS) is 47.6. The van der Waals surface area contributed by atoms with Crippen LogP contribution in [0.2, 0.25) is 0 Å². The predicted molar refractivity (Wildman–Crippen MR) is 147 cm³/mol. The molecule has 5 nitrogen and oxygen atoms in total. The molecule has 5 heteroatoms. The fraction of sp³-hybridized carbons (Fsp3) is 0.906. The molecule has 0 aromatic rings. The van der Waals surface area contributed by atoms with Crippen LogP contribution in [0, 0.1) is 45.3 Å². The first kappa shape index (κ1) is 29.1. The van der Waals surface area contributed by atoms with Gasteiger partial charge in [0.15, 0.2) is 0 Å². The van der Waals surface area contributed by atoms with E-state index in [2.05, 4.69) is 47.6 Å². The standard InChI is InChI=1S/C32H54O5/c1-19(11-10-14-28(3,4)36)21-12-16-31(8)26(21)22(34)17-24-30(7)15-13-25(37-20(2)33)29(5,6)27(30)23(35)18-32(24,31)9/h11,21-27,34-36H,10,12-18H2,1-9H3/b19-11+/t21-,22-,23+,24-,25+,26+,27+,30-,31-,32-/m1/s1. The largest absolute Gasteiger partial charge is 0.462 e. The summed E-state index contributed by atoms with van der Waals surface area (Å²) in [5.41, 5.74) is 0.0867. The topological polar surface area (TPSA) is 87.0 Å². The van der Waals surface area contributed by atoms with Crippen LogP contribution in [-0.4, -0.2) is 45.2 Å². The van der Waals surface area contributed by atoms with Crippen molar-refractivity contribution >= 4 is 5.97 Å². The third-order valence-electron chi connectivity index (χ3n) is 12.3. The number of ether oxygens (including phenoxy) is 1. The van der Waals surface area contributed by atoms with Gasteiger partial charge in [0.1, 0.15) is 6.10 Å². The van der Waals surface area contributed by atoms with Crippen LogP contribution in [0.15, 0.2) is 11.6 Å². The van der Waals surface area contributed by atoms with Gasteiger partial charge in [-0.15, -0.1) is 0 Å². The highest BCUT2D eigenvalue weighted by Crippen LogP contribution is 2.75. The molecule has 4 saturated carbocycles. The van der Waals surface area contributed by atoms with E-state index in [1.54, 1.807) is 0 Å². The summed E-state index contributed by atoms with van der Waals surface area (Å²) in [6.45, 7) is 18.9. The van der Waals surface area contributed by atoms with Gasteiger partial charge in [-0.2, -0.15) is 0 Å². The quantitative estimate of drug-likeness (QED) is 0.305. The lowest BCUT2D eigenvalue weighted by Gasteiger charge is -2.71. The lowest BCUT2D eigenvalue weighted by Crippen LogP contribution is -2.69. The number of rotatable bonds is 5. The van der Waals surface area contributed by atoms with Crippen LogP contribution in [-0.2, 0) is 9.53 Å². The van der Waals surface area contributed by atoms with Crippen LogP contribution >= 0.6 is 0 Å². The van der Waals surface area contributed by atoms with Crippen molar-refractivity contribution in [1.29, 1.82) is 0 Å². The summed E-state index contributed by atoms with van der Waals surface area (Å²) in [7, 11) is 0. The molecule has 0 aromatic heterocycles.